The molecule has 0 bridgehead atoms. The maximum absolute atomic E-state index is 12.2. The number of ether oxygens (including phenoxy) is 1. The van der Waals surface area contributed by atoms with Gasteiger partial charge in [-0.3, -0.25) is 15.0 Å². The van der Waals surface area contributed by atoms with Crippen LogP contribution >= 0.6 is 0 Å². The fraction of sp³-hybridized carbons (Fsp3) is 0.467. The van der Waals surface area contributed by atoms with Gasteiger partial charge in [0, 0.05) is 11.7 Å². The molecule has 1 fully saturated rings. The molecule has 1 aromatic carbocycles. The fourth-order valence-electron chi connectivity index (χ4n) is 2.35. The van der Waals surface area contributed by atoms with Crippen LogP contribution in [0.5, 0.6) is 5.75 Å². The van der Waals surface area contributed by atoms with Crippen molar-refractivity contribution in [2.75, 3.05) is 11.9 Å². The van der Waals surface area contributed by atoms with Crippen LogP contribution in [-0.4, -0.2) is 30.5 Å². The molecule has 2 unspecified atom stereocenters. The predicted octanol–water partition coefficient (Wildman–Crippen LogP) is 0.524. The molecule has 0 aliphatic carbocycles. The van der Waals surface area contributed by atoms with Gasteiger partial charge in [0.15, 0.2) is 6.61 Å². The van der Waals surface area contributed by atoms with E-state index in [1.165, 1.54) is 0 Å². The van der Waals surface area contributed by atoms with Gasteiger partial charge >= 0.3 is 0 Å². The second kappa shape index (κ2) is 7.77. The zero-order valence-electron chi connectivity index (χ0n) is 12.6. The average molecular weight is 306 g/mol. The summed E-state index contributed by atoms with van der Waals surface area (Å²) < 4.78 is 5.16. The van der Waals surface area contributed by atoms with Crippen molar-refractivity contribution in [1.82, 2.24) is 10.9 Å². The van der Waals surface area contributed by atoms with E-state index in [0.29, 0.717) is 17.5 Å². The number of rotatable bonds is 7. The second-order valence-electron chi connectivity index (χ2n) is 5.33. The minimum absolute atomic E-state index is 0.0723. The van der Waals surface area contributed by atoms with Crippen molar-refractivity contribution in [3.05, 3.63) is 24.3 Å². The average Bonchev–Trinajstić information content (AvgIpc) is 2.96. The Labute approximate surface area is 129 Å². The van der Waals surface area contributed by atoms with Crippen LogP contribution in [0.1, 0.15) is 26.2 Å². The Balaban J connectivity index is 1.83. The summed E-state index contributed by atoms with van der Waals surface area (Å²) >= 11 is 0. The summed E-state index contributed by atoms with van der Waals surface area (Å²) in [5.74, 6) is -0.0730. The molecule has 2 atom stereocenters. The van der Waals surface area contributed by atoms with Gasteiger partial charge in [0.25, 0.3) is 5.91 Å². The van der Waals surface area contributed by atoms with Crippen molar-refractivity contribution in [3.8, 4) is 5.75 Å². The summed E-state index contributed by atoms with van der Waals surface area (Å²) in [4.78, 5) is 22.8. The van der Waals surface area contributed by atoms with E-state index in [2.05, 4.69) is 23.1 Å². The zero-order valence-corrected chi connectivity index (χ0v) is 12.6. The number of carbonyl (C=O) groups is 2. The van der Waals surface area contributed by atoms with E-state index < -0.39 is 5.91 Å². The first-order valence-electron chi connectivity index (χ1n) is 7.41. The van der Waals surface area contributed by atoms with Crippen LogP contribution in [0, 0.1) is 0 Å². The molecule has 0 spiro atoms. The molecular weight excluding hydrogens is 284 g/mol. The van der Waals surface area contributed by atoms with Gasteiger partial charge in [-0.15, -0.1) is 0 Å². The van der Waals surface area contributed by atoms with E-state index >= 15 is 0 Å². The Morgan fingerprint density at radius 3 is 2.68 bits per heavy atom. The maximum Gasteiger partial charge on any atom is 0.255 e. The summed E-state index contributed by atoms with van der Waals surface area (Å²) in [6.45, 7) is 1.96. The van der Waals surface area contributed by atoms with Gasteiger partial charge in [0.2, 0.25) is 5.91 Å². The molecular formula is C15H22N4O3. The van der Waals surface area contributed by atoms with Crippen molar-refractivity contribution in [3.63, 3.8) is 0 Å². The third-order valence-electron chi connectivity index (χ3n) is 3.44. The van der Waals surface area contributed by atoms with E-state index in [9.17, 15) is 9.59 Å². The summed E-state index contributed by atoms with van der Waals surface area (Å²) in [5, 5.41) is 2.85. The third kappa shape index (κ3) is 4.71. The summed E-state index contributed by atoms with van der Waals surface area (Å²) in [5.41, 5.74) is 11.8. The normalized spacial score (nSPS) is 20.6. The Bertz CT molecular complexity index is 518. The zero-order chi connectivity index (χ0) is 15.9. The number of carbonyl (C=O) groups excluding carboxylic acids is 2. The maximum atomic E-state index is 12.2. The molecule has 2 amide bonds. The van der Waals surface area contributed by atoms with Crippen LogP contribution in [0.3, 0.4) is 0 Å². The number of hydrogen-bond acceptors (Lipinski definition) is 5. The van der Waals surface area contributed by atoms with Crippen molar-refractivity contribution >= 4 is 17.5 Å². The standard InChI is InChI=1S/C15H22N4O3/c1-2-3-11-8-13(19-18-11)15(21)17-10-4-6-12(7-5-10)22-9-14(16)20/h4-7,11,13,18-19H,2-3,8-9H2,1H3,(H2,16,20)(H,17,21). The van der Waals surface area contributed by atoms with Crippen LogP contribution < -0.4 is 26.6 Å². The third-order valence-corrected chi connectivity index (χ3v) is 3.44. The summed E-state index contributed by atoms with van der Waals surface area (Å²) in [6.07, 6.45) is 2.91. The SMILES string of the molecule is CCCC1CC(C(=O)Nc2ccc(OCC(N)=O)cc2)NN1. The van der Waals surface area contributed by atoms with E-state index in [-0.39, 0.29) is 18.6 Å². The van der Waals surface area contributed by atoms with Crippen LogP contribution in [0.15, 0.2) is 24.3 Å². The van der Waals surface area contributed by atoms with Gasteiger partial charge in [-0.25, -0.2) is 5.43 Å². The second-order valence-corrected chi connectivity index (χ2v) is 5.33. The minimum Gasteiger partial charge on any atom is -0.484 e. The molecule has 22 heavy (non-hydrogen) atoms. The molecule has 0 saturated carbocycles. The number of hydrazine groups is 1. The highest BCUT2D eigenvalue weighted by molar-refractivity contribution is 5.95. The van der Waals surface area contributed by atoms with E-state index in [0.717, 1.165) is 19.3 Å². The smallest absolute Gasteiger partial charge is 0.255 e. The van der Waals surface area contributed by atoms with Gasteiger partial charge in [-0.05, 0) is 37.1 Å². The fourth-order valence-corrected chi connectivity index (χ4v) is 2.35. The number of nitrogens with two attached hydrogens (primary N) is 1. The Morgan fingerprint density at radius 1 is 1.32 bits per heavy atom. The van der Waals surface area contributed by atoms with Gasteiger partial charge < -0.3 is 15.8 Å². The molecule has 0 radical (unpaired) electrons. The molecule has 1 heterocycles. The monoisotopic (exact) mass is 306 g/mol. The molecule has 2 rings (SSSR count). The predicted molar refractivity (Wildman–Crippen MR) is 83.1 cm³/mol. The van der Waals surface area contributed by atoms with Crippen molar-refractivity contribution in [1.29, 1.82) is 0 Å². The largest absolute Gasteiger partial charge is 0.484 e. The lowest BCUT2D eigenvalue weighted by atomic mass is 10.1. The lowest BCUT2D eigenvalue weighted by molar-refractivity contribution is -0.120. The van der Waals surface area contributed by atoms with E-state index in [1.54, 1.807) is 24.3 Å². The van der Waals surface area contributed by atoms with Crippen molar-refractivity contribution in [2.45, 2.75) is 38.3 Å². The highest BCUT2D eigenvalue weighted by atomic mass is 16.5. The highest BCUT2D eigenvalue weighted by Crippen LogP contribution is 2.17. The molecule has 1 aliphatic heterocycles. The molecule has 120 valence electrons. The molecule has 0 aromatic heterocycles. The van der Waals surface area contributed by atoms with Gasteiger partial charge in [0.05, 0.1) is 0 Å². The van der Waals surface area contributed by atoms with E-state index in [4.69, 9.17) is 10.5 Å². The Morgan fingerprint density at radius 2 is 2.05 bits per heavy atom. The summed E-state index contributed by atoms with van der Waals surface area (Å²) in [6, 6.07) is 6.91. The lowest BCUT2D eigenvalue weighted by Gasteiger charge is -2.11. The first kappa shape index (κ1) is 16.3. The molecule has 7 heteroatoms. The number of anilines is 1. The number of nitrogens with one attached hydrogen (secondary N) is 3. The first-order chi connectivity index (χ1) is 10.6. The van der Waals surface area contributed by atoms with Crippen LogP contribution in [0.2, 0.25) is 0 Å². The highest BCUT2D eigenvalue weighted by Gasteiger charge is 2.28. The Hall–Kier alpha value is -2.12. The molecule has 1 saturated heterocycles. The quantitative estimate of drug-likeness (QED) is 0.588. The number of hydrogen-bond donors (Lipinski definition) is 4. The molecule has 1 aromatic rings. The number of primary amides is 1. The number of benzene rings is 1. The topological polar surface area (TPSA) is 105 Å². The van der Waals surface area contributed by atoms with Crippen LogP contribution in [0.4, 0.5) is 5.69 Å². The van der Waals surface area contributed by atoms with Gasteiger partial charge in [-0.1, -0.05) is 13.3 Å². The molecule has 1 aliphatic rings. The van der Waals surface area contributed by atoms with Crippen LogP contribution in [0.25, 0.3) is 0 Å². The van der Waals surface area contributed by atoms with Crippen molar-refractivity contribution < 1.29 is 14.3 Å². The minimum atomic E-state index is -0.529. The van der Waals surface area contributed by atoms with Gasteiger partial charge in [-0.2, -0.15) is 0 Å². The van der Waals surface area contributed by atoms with Crippen molar-refractivity contribution in [2.24, 2.45) is 5.73 Å². The van der Waals surface area contributed by atoms with Crippen LogP contribution in [-0.2, 0) is 9.59 Å². The number of amides is 2. The lowest BCUT2D eigenvalue weighted by Crippen LogP contribution is -2.40. The van der Waals surface area contributed by atoms with Gasteiger partial charge in [0.1, 0.15) is 11.8 Å². The molecule has 7 nitrogen and oxygen atoms in total. The summed E-state index contributed by atoms with van der Waals surface area (Å²) in [7, 11) is 0. The Kier molecular flexibility index (Phi) is 5.74. The first-order valence-corrected chi connectivity index (χ1v) is 7.41. The molecule has 5 N–H and O–H groups in total. The van der Waals surface area contributed by atoms with E-state index in [1.807, 2.05) is 0 Å².